The summed E-state index contributed by atoms with van der Waals surface area (Å²) >= 11 is 0. The van der Waals surface area contributed by atoms with E-state index in [4.69, 9.17) is 0 Å². The van der Waals surface area contributed by atoms with Gasteiger partial charge >= 0.3 is 11.9 Å². The number of nitrogens with zero attached hydrogens (tertiary/aromatic N) is 1. The van der Waals surface area contributed by atoms with Crippen LogP contribution in [0, 0.1) is 5.92 Å². The number of alkyl halides is 5. The Hall–Kier alpha value is -3.02. The Kier molecular flexibility index (Phi) is 6.54. The minimum atomic E-state index is -4.97. The van der Waals surface area contributed by atoms with Crippen LogP contribution in [0.3, 0.4) is 0 Å². The Balaban J connectivity index is 1.72. The molecule has 1 aliphatic rings. The average molecular weight is 476 g/mol. The molecule has 1 atom stereocenters. The minimum Gasteiger partial charge on any atom is -0.338 e. The van der Waals surface area contributed by atoms with Crippen LogP contribution in [0.15, 0.2) is 53.4 Å². The van der Waals surface area contributed by atoms with Crippen molar-refractivity contribution in [2.75, 3.05) is 11.9 Å². The highest BCUT2D eigenvalue weighted by Gasteiger charge is 2.36. The van der Waals surface area contributed by atoms with Crippen molar-refractivity contribution in [2.24, 2.45) is 5.92 Å². The molecule has 32 heavy (non-hydrogen) atoms. The van der Waals surface area contributed by atoms with E-state index in [0.717, 1.165) is 24.3 Å². The van der Waals surface area contributed by atoms with Crippen LogP contribution in [-0.4, -0.2) is 37.4 Å². The molecule has 1 saturated heterocycles. The highest BCUT2D eigenvalue weighted by Crippen LogP contribution is 2.31. The van der Waals surface area contributed by atoms with Gasteiger partial charge in [0.2, 0.25) is 21.7 Å². The lowest BCUT2D eigenvalue weighted by molar-refractivity contribution is -0.137. The third kappa shape index (κ3) is 5.06. The summed E-state index contributed by atoms with van der Waals surface area (Å²) in [5.74, 6) is -5.86. The van der Waals surface area contributed by atoms with Crippen LogP contribution in [0.4, 0.5) is 27.6 Å². The summed E-state index contributed by atoms with van der Waals surface area (Å²) < 4.78 is 88.1. The molecule has 0 spiro atoms. The van der Waals surface area contributed by atoms with Crippen molar-refractivity contribution in [3.05, 3.63) is 59.7 Å². The van der Waals surface area contributed by atoms with E-state index >= 15 is 0 Å². The van der Waals surface area contributed by atoms with E-state index in [1.54, 1.807) is 0 Å². The summed E-state index contributed by atoms with van der Waals surface area (Å²) in [4.78, 5) is 25.3. The lowest BCUT2D eigenvalue weighted by Crippen LogP contribution is -2.28. The molecule has 0 radical (unpaired) electrons. The molecule has 6 nitrogen and oxygen atoms in total. The summed E-state index contributed by atoms with van der Waals surface area (Å²) in [6.07, 6.45) is -4.80. The number of rotatable bonds is 6. The van der Waals surface area contributed by atoms with Gasteiger partial charge in [0.15, 0.2) is 0 Å². The van der Waals surface area contributed by atoms with Gasteiger partial charge in [-0.1, -0.05) is 24.3 Å². The summed E-state index contributed by atoms with van der Waals surface area (Å²) in [6.45, 7) is -0.270. The van der Waals surface area contributed by atoms with Crippen molar-refractivity contribution in [3.63, 3.8) is 0 Å². The summed E-state index contributed by atoms with van der Waals surface area (Å²) in [5.41, 5.74) is -0.989. The molecule has 1 unspecified atom stereocenters. The molecule has 0 saturated carbocycles. The third-order valence-electron chi connectivity index (χ3n) is 4.90. The Morgan fingerprint density at radius 3 is 2.47 bits per heavy atom. The largest absolute Gasteiger partial charge is 0.416 e. The van der Waals surface area contributed by atoms with Gasteiger partial charge in [-0.15, -0.1) is 0 Å². The number of halogens is 5. The van der Waals surface area contributed by atoms with Crippen molar-refractivity contribution in [3.8, 4) is 0 Å². The second-order valence-electron chi connectivity index (χ2n) is 7.16. The second kappa shape index (κ2) is 8.85. The zero-order valence-electron chi connectivity index (χ0n) is 16.3. The molecule has 0 aliphatic carbocycles. The zero-order chi connectivity index (χ0) is 23.7. The number of hydrogen-bond acceptors (Lipinski definition) is 4. The molecule has 172 valence electrons. The van der Waals surface area contributed by atoms with Crippen LogP contribution in [0.1, 0.15) is 17.5 Å². The van der Waals surface area contributed by atoms with E-state index in [2.05, 4.69) is 5.32 Å². The number of hydrogen-bond donors (Lipinski definition) is 1. The van der Waals surface area contributed by atoms with E-state index in [9.17, 15) is 40.0 Å². The number of carbonyl (C=O) groups is 2. The van der Waals surface area contributed by atoms with Gasteiger partial charge in [-0.2, -0.15) is 22.0 Å². The Bertz CT molecular complexity index is 1130. The van der Waals surface area contributed by atoms with Crippen molar-refractivity contribution in [1.82, 2.24) is 4.90 Å². The topological polar surface area (TPSA) is 83.5 Å². The quantitative estimate of drug-likeness (QED) is 0.645. The first kappa shape index (κ1) is 23.6. The van der Waals surface area contributed by atoms with Gasteiger partial charge in [0.05, 0.1) is 22.1 Å². The van der Waals surface area contributed by atoms with Crippen molar-refractivity contribution in [1.29, 1.82) is 0 Å². The van der Waals surface area contributed by atoms with Crippen molar-refractivity contribution in [2.45, 2.75) is 29.8 Å². The maximum atomic E-state index is 12.9. The van der Waals surface area contributed by atoms with Gasteiger partial charge in [-0.3, -0.25) is 9.59 Å². The fraction of sp³-hybridized carbons (Fsp3) is 0.300. The maximum Gasteiger partial charge on any atom is 0.416 e. The van der Waals surface area contributed by atoms with Crippen LogP contribution >= 0.6 is 0 Å². The van der Waals surface area contributed by atoms with E-state index < -0.39 is 50.0 Å². The van der Waals surface area contributed by atoms with Gasteiger partial charge in [0.25, 0.3) is 0 Å². The predicted molar refractivity (Wildman–Crippen MR) is 103 cm³/mol. The van der Waals surface area contributed by atoms with Crippen LogP contribution in [0.2, 0.25) is 0 Å². The Labute approximate surface area is 179 Å². The predicted octanol–water partition coefficient (Wildman–Crippen LogP) is 3.69. The lowest BCUT2D eigenvalue weighted by Gasteiger charge is -2.18. The molecule has 1 aliphatic heterocycles. The lowest BCUT2D eigenvalue weighted by atomic mass is 10.1. The fourth-order valence-electron chi connectivity index (χ4n) is 3.32. The van der Waals surface area contributed by atoms with Crippen molar-refractivity contribution >= 4 is 27.3 Å². The SMILES string of the molecule is O=C(Nc1ccccc1S(=O)(=O)C(F)F)C1CC(=O)N(Cc2cccc(C(F)(F)F)c2)C1. The molecule has 1 fully saturated rings. The van der Waals surface area contributed by atoms with Gasteiger partial charge in [0.1, 0.15) is 0 Å². The molecule has 2 aromatic carbocycles. The number of anilines is 1. The number of nitrogens with one attached hydrogen (secondary N) is 1. The Morgan fingerprint density at radius 2 is 1.81 bits per heavy atom. The first-order chi connectivity index (χ1) is 14.9. The highest BCUT2D eigenvalue weighted by atomic mass is 32.2. The normalized spacial score (nSPS) is 17.1. The van der Waals surface area contributed by atoms with Gasteiger partial charge < -0.3 is 10.2 Å². The molecular weight excluding hydrogens is 459 g/mol. The number of likely N-dealkylation sites (tertiary alicyclic amines) is 1. The average Bonchev–Trinajstić information content (AvgIpc) is 3.08. The standard InChI is InChI=1S/C20H17F5N2O4S/c21-19(22)32(30,31)16-7-2-1-6-15(16)26-18(29)13-9-17(28)27(11-13)10-12-4-3-5-14(8-12)20(23,24)25/h1-8,13,19H,9-11H2,(H,26,29). The van der Waals surface area contributed by atoms with Gasteiger partial charge in [-0.05, 0) is 29.8 Å². The number of amides is 2. The van der Waals surface area contributed by atoms with Gasteiger partial charge in [0, 0.05) is 19.5 Å². The van der Waals surface area contributed by atoms with E-state index in [-0.39, 0.29) is 30.8 Å². The van der Waals surface area contributed by atoms with E-state index in [1.165, 1.54) is 29.2 Å². The number of para-hydroxylation sites is 1. The van der Waals surface area contributed by atoms with Gasteiger partial charge in [-0.25, -0.2) is 8.42 Å². The molecule has 2 aromatic rings. The smallest absolute Gasteiger partial charge is 0.338 e. The zero-order valence-corrected chi connectivity index (χ0v) is 17.1. The number of sulfone groups is 1. The molecule has 2 amide bonds. The van der Waals surface area contributed by atoms with Crippen molar-refractivity contribution < 1.29 is 40.0 Å². The summed E-state index contributed by atoms with van der Waals surface area (Å²) in [5, 5.41) is 2.27. The molecule has 0 aromatic heterocycles. The fourth-order valence-corrected chi connectivity index (χ4v) is 4.20. The minimum absolute atomic E-state index is 0.120. The monoisotopic (exact) mass is 476 g/mol. The number of benzene rings is 2. The molecule has 1 N–H and O–H groups in total. The summed E-state index contributed by atoms with van der Waals surface area (Å²) in [7, 11) is -4.97. The van der Waals surface area contributed by atoms with Crippen LogP contribution in [0.25, 0.3) is 0 Å². The van der Waals surface area contributed by atoms with Crippen LogP contribution < -0.4 is 5.32 Å². The first-order valence-corrected chi connectivity index (χ1v) is 10.8. The van der Waals surface area contributed by atoms with Crippen LogP contribution in [0.5, 0.6) is 0 Å². The first-order valence-electron chi connectivity index (χ1n) is 9.25. The summed E-state index contributed by atoms with van der Waals surface area (Å²) in [6, 6.07) is 9.08. The molecule has 12 heteroatoms. The molecule has 1 heterocycles. The van der Waals surface area contributed by atoms with E-state index in [0.29, 0.717) is 0 Å². The molecular formula is C20H17F5N2O4S. The Morgan fingerprint density at radius 1 is 1.12 bits per heavy atom. The highest BCUT2D eigenvalue weighted by molar-refractivity contribution is 7.91. The third-order valence-corrected chi connectivity index (χ3v) is 6.34. The number of carbonyl (C=O) groups excluding carboxylic acids is 2. The van der Waals surface area contributed by atoms with E-state index in [1.807, 2.05) is 0 Å². The molecule has 0 bridgehead atoms. The molecule has 3 rings (SSSR count). The van der Waals surface area contributed by atoms with Crippen LogP contribution in [-0.2, 0) is 32.1 Å². The second-order valence-corrected chi connectivity index (χ2v) is 9.05. The maximum absolute atomic E-state index is 12.9.